The number of pyridine rings is 1. The molecule has 0 aliphatic carbocycles. The first-order valence-electron chi connectivity index (χ1n) is 9.76. The van der Waals surface area contributed by atoms with Crippen molar-refractivity contribution in [2.24, 2.45) is 5.92 Å². The molecule has 29 heavy (non-hydrogen) atoms. The van der Waals surface area contributed by atoms with Crippen LogP contribution in [0.15, 0.2) is 57.7 Å². The highest BCUT2D eigenvalue weighted by molar-refractivity contribution is 7.08. The van der Waals surface area contributed by atoms with Gasteiger partial charge in [-0.2, -0.15) is 16.3 Å². The molecule has 146 valence electrons. The third kappa shape index (κ3) is 3.78. The Hall–Kier alpha value is -3.06. The summed E-state index contributed by atoms with van der Waals surface area (Å²) >= 11 is 1.61. The number of rotatable bonds is 4. The fourth-order valence-corrected chi connectivity index (χ4v) is 4.49. The Balaban J connectivity index is 1.28. The number of benzene rings is 1. The van der Waals surface area contributed by atoms with Crippen LogP contribution in [0.4, 0.5) is 0 Å². The number of hydrogen-bond acceptors (Lipinski definition) is 6. The molecule has 0 bridgehead atoms. The molecule has 1 aliphatic rings. The lowest BCUT2D eigenvalue weighted by molar-refractivity contribution is 0.0662. The van der Waals surface area contributed by atoms with Gasteiger partial charge in [-0.1, -0.05) is 29.4 Å². The van der Waals surface area contributed by atoms with Gasteiger partial charge in [0.2, 0.25) is 11.7 Å². The van der Waals surface area contributed by atoms with Crippen LogP contribution in [0, 0.1) is 5.92 Å². The van der Waals surface area contributed by atoms with Crippen molar-refractivity contribution in [3.8, 4) is 11.4 Å². The van der Waals surface area contributed by atoms with Crippen LogP contribution in [0.3, 0.4) is 0 Å². The van der Waals surface area contributed by atoms with Gasteiger partial charge in [0.25, 0.3) is 5.91 Å². The normalized spacial score (nSPS) is 17.0. The van der Waals surface area contributed by atoms with Crippen molar-refractivity contribution in [1.82, 2.24) is 20.0 Å². The third-order valence-electron chi connectivity index (χ3n) is 5.33. The van der Waals surface area contributed by atoms with Crippen LogP contribution >= 0.6 is 11.3 Å². The highest BCUT2D eigenvalue weighted by Gasteiger charge is 2.27. The number of amides is 1. The molecule has 1 atom stereocenters. The van der Waals surface area contributed by atoms with Crippen LogP contribution in [-0.2, 0) is 6.42 Å². The molecule has 6 nitrogen and oxygen atoms in total. The van der Waals surface area contributed by atoms with E-state index in [0.717, 1.165) is 35.9 Å². The van der Waals surface area contributed by atoms with Crippen molar-refractivity contribution < 1.29 is 9.32 Å². The standard InChI is InChI=1S/C22H20N4O2S/c27-22(19-8-7-16-5-1-2-6-18(16)23-19)26-10-3-4-15(13-26)12-20-24-21(25-28-20)17-9-11-29-14-17/h1-2,5-9,11,14-15H,3-4,10,12-13H2. The molecule has 1 amide bonds. The lowest BCUT2D eigenvalue weighted by Crippen LogP contribution is -2.40. The van der Waals surface area contributed by atoms with Gasteiger partial charge in [-0.25, -0.2) is 4.98 Å². The molecule has 0 radical (unpaired) electrons. The number of nitrogens with zero attached hydrogens (tertiary/aromatic N) is 4. The first-order valence-corrected chi connectivity index (χ1v) is 10.7. The van der Waals surface area contributed by atoms with E-state index in [1.807, 2.05) is 58.1 Å². The molecule has 4 aromatic rings. The molecule has 1 aromatic carbocycles. The van der Waals surface area contributed by atoms with E-state index in [4.69, 9.17) is 4.52 Å². The summed E-state index contributed by atoms with van der Waals surface area (Å²) in [4.78, 5) is 24.0. The van der Waals surface area contributed by atoms with Crippen molar-refractivity contribution >= 4 is 28.1 Å². The van der Waals surface area contributed by atoms with Crippen LogP contribution in [0.25, 0.3) is 22.3 Å². The monoisotopic (exact) mass is 404 g/mol. The average Bonchev–Trinajstić information content (AvgIpc) is 3.45. The summed E-state index contributed by atoms with van der Waals surface area (Å²) in [5.74, 6) is 1.56. The van der Waals surface area contributed by atoms with E-state index in [0.29, 0.717) is 36.3 Å². The lowest BCUT2D eigenvalue weighted by Gasteiger charge is -2.32. The van der Waals surface area contributed by atoms with E-state index in [1.54, 1.807) is 11.3 Å². The van der Waals surface area contributed by atoms with Gasteiger partial charge in [0.1, 0.15) is 5.69 Å². The van der Waals surface area contributed by atoms with Crippen LogP contribution in [0.2, 0.25) is 0 Å². The van der Waals surface area contributed by atoms with Gasteiger partial charge in [0.15, 0.2) is 0 Å². The number of carbonyl (C=O) groups is 1. The minimum absolute atomic E-state index is 0.00931. The highest BCUT2D eigenvalue weighted by atomic mass is 32.1. The summed E-state index contributed by atoms with van der Waals surface area (Å²) in [5, 5.41) is 9.13. The summed E-state index contributed by atoms with van der Waals surface area (Å²) in [7, 11) is 0. The molecule has 0 spiro atoms. The zero-order valence-corrected chi connectivity index (χ0v) is 16.6. The molecule has 0 saturated carbocycles. The maximum atomic E-state index is 13.0. The van der Waals surface area contributed by atoms with Crippen molar-refractivity contribution in [2.75, 3.05) is 13.1 Å². The first kappa shape index (κ1) is 18.0. The van der Waals surface area contributed by atoms with Crippen molar-refractivity contribution in [3.05, 3.63) is 64.8 Å². The number of carbonyl (C=O) groups excluding carboxylic acids is 1. The zero-order valence-electron chi connectivity index (χ0n) is 15.8. The van der Waals surface area contributed by atoms with Gasteiger partial charge in [0, 0.05) is 35.8 Å². The number of aromatic nitrogens is 3. The average molecular weight is 404 g/mol. The Morgan fingerprint density at radius 1 is 1.17 bits per heavy atom. The smallest absolute Gasteiger partial charge is 0.272 e. The number of hydrogen-bond donors (Lipinski definition) is 0. The number of likely N-dealkylation sites (tertiary alicyclic amines) is 1. The van der Waals surface area contributed by atoms with Crippen LogP contribution in [0.1, 0.15) is 29.2 Å². The SMILES string of the molecule is O=C(c1ccc2ccccc2n1)N1CCCC(Cc2nc(-c3ccsc3)no2)C1. The number of thiophene rings is 1. The summed E-state index contributed by atoms with van der Waals surface area (Å²) in [6.07, 6.45) is 2.70. The Bertz CT molecular complexity index is 1140. The van der Waals surface area contributed by atoms with Gasteiger partial charge >= 0.3 is 0 Å². The number of piperidine rings is 1. The number of fused-ring (bicyclic) bond motifs is 1. The van der Waals surface area contributed by atoms with E-state index in [9.17, 15) is 4.79 Å². The molecule has 1 unspecified atom stereocenters. The minimum atomic E-state index is -0.00931. The zero-order chi connectivity index (χ0) is 19.6. The molecule has 4 heterocycles. The van der Waals surface area contributed by atoms with Gasteiger partial charge < -0.3 is 9.42 Å². The minimum Gasteiger partial charge on any atom is -0.339 e. The second-order valence-corrected chi connectivity index (χ2v) is 8.16. The highest BCUT2D eigenvalue weighted by Crippen LogP contribution is 2.24. The van der Waals surface area contributed by atoms with Gasteiger partial charge in [0.05, 0.1) is 5.52 Å². The maximum absolute atomic E-state index is 13.0. The quantitative estimate of drug-likeness (QED) is 0.503. The van der Waals surface area contributed by atoms with Crippen LogP contribution in [0.5, 0.6) is 0 Å². The van der Waals surface area contributed by atoms with Gasteiger partial charge in [-0.3, -0.25) is 4.79 Å². The molecule has 1 saturated heterocycles. The van der Waals surface area contributed by atoms with E-state index < -0.39 is 0 Å². The van der Waals surface area contributed by atoms with Gasteiger partial charge in [-0.05, 0) is 42.3 Å². The van der Waals surface area contributed by atoms with E-state index >= 15 is 0 Å². The number of para-hydroxylation sites is 1. The topological polar surface area (TPSA) is 72.1 Å². The Morgan fingerprint density at radius 2 is 2.10 bits per heavy atom. The molecule has 3 aromatic heterocycles. The maximum Gasteiger partial charge on any atom is 0.272 e. The molecule has 1 fully saturated rings. The van der Waals surface area contributed by atoms with Crippen molar-refractivity contribution in [2.45, 2.75) is 19.3 Å². The van der Waals surface area contributed by atoms with E-state index in [2.05, 4.69) is 15.1 Å². The fraction of sp³-hybridized carbons (Fsp3) is 0.273. The summed E-state index contributed by atoms with van der Waals surface area (Å²) in [6.45, 7) is 1.44. The van der Waals surface area contributed by atoms with Crippen LogP contribution in [-0.4, -0.2) is 39.0 Å². The Morgan fingerprint density at radius 3 is 3.00 bits per heavy atom. The summed E-state index contributed by atoms with van der Waals surface area (Å²) in [5.41, 5.74) is 2.33. The second-order valence-electron chi connectivity index (χ2n) is 7.38. The first-order chi connectivity index (χ1) is 14.3. The molecule has 1 aliphatic heterocycles. The second kappa shape index (κ2) is 7.75. The largest absolute Gasteiger partial charge is 0.339 e. The Labute approximate surface area is 172 Å². The third-order valence-corrected chi connectivity index (χ3v) is 6.02. The lowest BCUT2D eigenvalue weighted by atomic mass is 9.94. The van der Waals surface area contributed by atoms with Crippen molar-refractivity contribution in [3.63, 3.8) is 0 Å². The van der Waals surface area contributed by atoms with Crippen LogP contribution < -0.4 is 0 Å². The van der Waals surface area contributed by atoms with E-state index in [1.165, 1.54) is 0 Å². The van der Waals surface area contributed by atoms with E-state index in [-0.39, 0.29) is 5.91 Å². The summed E-state index contributed by atoms with van der Waals surface area (Å²) < 4.78 is 5.45. The predicted molar refractivity (Wildman–Crippen MR) is 112 cm³/mol. The molecule has 7 heteroatoms. The molecule has 5 rings (SSSR count). The molecular formula is C22H20N4O2S. The molecule has 0 N–H and O–H groups in total. The molecular weight excluding hydrogens is 384 g/mol. The van der Waals surface area contributed by atoms with Gasteiger partial charge in [-0.15, -0.1) is 0 Å². The van der Waals surface area contributed by atoms with Crippen molar-refractivity contribution in [1.29, 1.82) is 0 Å². The predicted octanol–water partition coefficient (Wildman–Crippen LogP) is 4.44. The fourth-order valence-electron chi connectivity index (χ4n) is 3.86. The Kier molecular flexibility index (Phi) is 4.81. The summed E-state index contributed by atoms with van der Waals surface area (Å²) in [6, 6.07) is 13.6.